The Balaban J connectivity index is 0.000000233. The van der Waals surface area contributed by atoms with E-state index in [0.717, 1.165) is 67.9 Å². The van der Waals surface area contributed by atoms with Gasteiger partial charge in [-0.2, -0.15) is 0 Å². The molecule has 4 heterocycles. The number of pyridine rings is 2. The number of para-hydroxylation sites is 2. The second kappa shape index (κ2) is 18.5. The summed E-state index contributed by atoms with van der Waals surface area (Å²) in [5, 5.41) is 2.47. The average molecular weight is 1010 g/mol. The van der Waals surface area contributed by atoms with E-state index in [9.17, 15) is 0 Å². The molecule has 0 saturated heterocycles. The zero-order chi connectivity index (χ0) is 43.0. The smallest absolute Gasteiger partial charge is 0.139 e. The minimum absolute atomic E-state index is 0. The third-order valence-corrected chi connectivity index (χ3v) is 13.4. The van der Waals surface area contributed by atoms with E-state index < -0.39 is 8.07 Å². The van der Waals surface area contributed by atoms with Crippen molar-refractivity contribution in [1.29, 1.82) is 0 Å². The molecule has 317 valence electrons. The number of rotatable bonds is 9. The molecule has 0 N–H and O–H groups in total. The molecule has 0 saturated carbocycles. The van der Waals surface area contributed by atoms with E-state index in [0.29, 0.717) is 17.8 Å². The molecule has 4 aromatic heterocycles. The van der Waals surface area contributed by atoms with Gasteiger partial charge in [-0.1, -0.05) is 121 Å². The number of imidazole rings is 1. The van der Waals surface area contributed by atoms with Crippen LogP contribution in [0.4, 0.5) is 0 Å². The van der Waals surface area contributed by atoms with Gasteiger partial charge in [-0.05, 0) is 106 Å². The fraction of sp³-hybridized carbons (Fsp3) is 0.255. The summed E-state index contributed by atoms with van der Waals surface area (Å²) in [6.07, 6.45) is 3.24. The average Bonchev–Trinajstić information content (AvgIpc) is 3.82. The molecule has 9 rings (SSSR count). The first-order valence-electron chi connectivity index (χ1n) is 21.7. The number of furan rings is 1. The van der Waals surface area contributed by atoms with Crippen LogP contribution in [0.15, 0.2) is 132 Å². The summed E-state index contributed by atoms with van der Waals surface area (Å²) in [5.74, 6) is 2.07. The Labute approximate surface area is 382 Å². The predicted octanol–water partition coefficient (Wildman–Crippen LogP) is 14.3. The Hall–Kier alpha value is -5.46. The molecule has 0 spiro atoms. The summed E-state index contributed by atoms with van der Waals surface area (Å²) < 4.78 is 8.80. The third-order valence-electron chi connectivity index (χ3n) is 11.4. The van der Waals surface area contributed by atoms with E-state index in [1.807, 2.05) is 55.5 Å². The van der Waals surface area contributed by atoms with E-state index in [2.05, 4.69) is 162 Å². The monoisotopic (exact) mass is 1010 g/mol. The predicted molar refractivity (Wildman–Crippen MR) is 259 cm³/mol. The molecule has 5 nitrogen and oxygen atoms in total. The fourth-order valence-electron chi connectivity index (χ4n) is 8.39. The van der Waals surface area contributed by atoms with Crippen LogP contribution in [0.2, 0.25) is 19.6 Å². The van der Waals surface area contributed by atoms with Crippen LogP contribution in [-0.2, 0) is 26.5 Å². The van der Waals surface area contributed by atoms with Crippen molar-refractivity contribution >= 4 is 46.4 Å². The van der Waals surface area contributed by atoms with Crippen LogP contribution in [0, 0.1) is 25.0 Å². The maximum atomic E-state index is 6.47. The first-order chi connectivity index (χ1) is 29.3. The van der Waals surface area contributed by atoms with Crippen LogP contribution in [0.25, 0.3) is 72.6 Å². The molecular formula is C55H56IrN4OSi-2. The van der Waals surface area contributed by atoms with Crippen LogP contribution in [0.5, 0.6) is 0 Å². The Morgan fingerprint density at radius 3 is 2.06 bits per heavy atom. The van der Waals surface area contributed by atoms with Crippen molar-refractivity contribution in [2.75, 3.05) is 0 Å². The molecule has 0 bridgehead atoms. The summed E-state index contributed by atoms with van der Waals surface area (Å²) in [4.78, 5) is 14.7. The quantitative estimate of drug-likeness (QED) is 0.107. The first-order valence-corrected chi connectivity index (χ1v) is 25.2. The van der Waals surface area contributed by atoms with Crippen molar-refractivity contribution < 1.29 is 24.5 Å². The molecule has 0 atom stereocenters. The van der Waals surface area contributed by atoms with Crippen molar-refractivity contribution in [3.8, 4) is 39.5 Å². The molecule has 0 unspecified atom stereocenters. The van der Waals surface area contributed by atoms with Gasteiger partial charge in [0, 0.05) is 37.7 Å². The number of hydrogen-bond acceptors (Lipinski definition) is 4. The van der Waals surface area contributed by atoms with Crippen LogP contribution in [0.3, 0.4) is 0 Å². The Morgan fingerprint density at radius 1 is 0.710 bits per heavy atom. The van der Waals surface area contributed by atoms with E-state index in [4.69, 9.17) is 14.4 Å². The van der Waals surface area contributed by atoms with Gasteiger partial charge in [0.05, 0.1) is 36.0 Å². The second-order valence-electron chi connectivity index (χ2n) is 18.3. The minimum Gasteiger partial charge on any atom is -0.499 e. The molecule has 0 aliphatic rings. The Kier molecular flexibility index (Phi) is 13.3. The Bertz CT molecular complexity index is 2950. The zero-order valence-electron chi connectivity index (χ0n) is 37.6. The maximum absolute atomic E-state index is 6.47. The van der Waals surface area contributed by atoms with Gasteiger partial charge in [-0.25, -0.2) is 0 Å². The van der Waals surface area contributed by atoms with E-state index >= 15 is 0 Å². The van der Waals surface area contributed by atoms with Gasteiger partial charge in [0.2, 0.25) is 0 Å². The normalized spacial score (nSPS) is 11.8. The topological polar surface area (TPSA) is 56.7 Å². The SMILES string of the molecule is CC(C)Cc1cc(-c2[c-]cccc2)ncc1[Si](C)(C)C.Cc1ccc2oc3c(-c4nc5ccccc5n4-c4c(C(C)C)cc(-c5ccccc5)cc4C(C)C)[c-]ccc3c2n1.[Ir]. The van der Waals surface area contributed by atoms with Gasteiger partial charge in [-0.3, -0.25) is 9.97 Å². The molecule has 1 radical (unpaired) electrons. The molecule has 0 aliphatic carbocycles. The molecule has 5 aromatic carbocycles. The van der Waals surface area contributed by atoms with Gasteiger partial charge < -0.3 is 14.0 Å². The van der Waals surface area contributed by atoms with Crippen molar-refractivity contribution in [3.05, 3.63) is 162 Å². The third kappa shape index (κ3) is 9.03. The van der Waals surface area contributed by atoms with Gasteiger partial charge in [-0.15, -0.1) is 54.1 Å². The first kappa shape index (κ1) is 44.6. The molecule has 62 heavy (non-hydrogen) atoms. The van der Waals surface area contributed by atoms with Gasteiger partial charge in [0.25, 0.3) is 0 Å². The van der Waals surface area contributed by atoms with Crippen LogP contribution in [-0.4, -0.2) is 27.6 Å². The number of hydrogen-bond donors (Lipinski definition) is 0. The maximum Gasteiger partial charge on any atom is 0.139 e. The van der Waals surface area contributed by atoms with E-state index in [1.54, 1.807) is 0 Å². The summed E-state index contributed by atoms with van der Waals surface area (Å²) in [7, 11) is -1.34. The summed E-state index contributed by atoms with van der Waals surface area (Å²) in [6.45, 7) is 22.8. The summed E-state index contributed by atoms with van der Waals surface area (Å²) >= 11 is 0. The number of nitrogens with zero attached hydrogens (tertiary/aromatic N) is 4. The zero-order valence-corrected chi connectivity index (χ0v) is 41.0. The number of aromatic nitrogens is 4. The van der Waals surface area contributed by atoms with E-state index in [1.165, 1.54) is 38.7 Å². The van der Waals surface area contributed by atoms with Crippen molar-refractivity contribution in [2.45, 2.75) is 86.4 Å². The van der Waals surface area contributed by atoms with Crippen LogP contribution >= 0.6 is 0 Å². The molecule has 9 aromatic rings. The van der Waals surface area contributed by atoms with Crippen LogP contribution < -0.4 is 5.19 Å². The second-order valence-corrected chi connectivity index (χ2v) is 23.3. The van der Waals surface area contributed by atoms with Gasteiger partial charge in [0.15, 0.2) is 0 Å². The molecule has 0 aliphatic heterocycles. The molecule has 7 heteroatoms. The minimum atomic E-state index is -1.34. The summed E-state index contributed by atoms with van der Waals surface area (Å²) in [6, 6.07) is 48.9. The number of aryl methyl sites for hydroxylation is 1. The Morgan fingerprint density at radius 2 is 1.40 bits per heavy atom. The largest absolute Gasteiger partial charge is 0.499 e. The van der Waals surface area contributed by atoms with Crippen molar-refractivity contribution in [1.82, 2.24) is 19.5 Å². The van der Waals surface area contributed by atoms with E-state index in [-0.39, 0.29) is 20.1 Å². The standard InChI is InChI=1S/C37H32N3O.C18H24NSi.Ir/c1-22(2)29-20-26(25-12-7-6-8-13-25)21-30(23(3)4)35(29)40-32-17-10-9-16-31(32)39-37(40)28-15-11-14-27-34-33(41-36(27)28)19-18-24(5)38-34;1-14(2)11-16-12-17(15-9-7-6-8-10-15)19-13-18(16)20(3,4)5;/h6-14,16-23H,1-5H3;6-9,12-14H,11H2,1-5H3;/q2*-1;. The van der Waals surface area contributed by atoms with Gasteiger partial charge >= 0.3 is 0 Å². The molecular weight excluding hydrogens is 953 g/mol. The summed E-state index contributed by atoms with van der Waals surface area (Å²) in [5.41, 5.74) is 16.0. The fourth-order valence-corrected chi connectivity index (χ4v) is 9.98. The van der Waals surface area contributed by atoms with Gasteiger partial charge in [0.1, 0.15) is 5.58 Å². The number of benzene rings is 5. The van der Waals surface area contributed by atoms with Crippen molar-refractivity contribution in [2.24, 2.45) is 5.92 Å². The molecule has 0 amide bonds. The van der Waals surface area contributed by atoms with Crippen LogP contribution in [0.1, 0.15) is 75.8 Å². The molecule has 0 fully saturated rings. The van der Waals surface area contributed by atoms with Crippen molar-refractivity contribution in [3.63, 3.8) is 0 Å². The number of fused-ring (bicyclic) bond motifs is 4.